The van der Waals surface area contributed by atoms with E-state index in [-0.39, 0.29) is 14.5 Å². The van der Waals surface area contributed by atoms with Crippen LogP contribution in [0.5, 0.6) is 0 Å². The van der Waals surface area contributed by atoms with Gasteiger partial charge in [0.2, 0.25) is 0 Å². The maximum atomic E-state index is 2.53. The predicted molar refractivity (Wildman–Crippen MR) is 231 cm³/mol. The number of hydrogen-bond donors (Lipinski definition) is 0. The summed E-state index contributed by atoms with van der Waals surface area (Å²) in [6.45, 7) is 0. The molecule has 1 aliphatic carbocycles. The van der Waals surface area contributed by atoms with E-state index in [0.29, 0.717) is 5.92 Å². The number of fused-ring (bicyclic) bond motifs is 7. The summed E-state index contributed by atoms with van der Waals surface area (Å²) in [6, 6.07) is 62.0. The predicted octanol–water partition coefficient (Wildman–Crippen LogP) is 14.7. The van der Waals surface area contributed by atoms with E-state index in [9.17, 15) is 0 Å². The number of rotatable bonds is 4. The van der Waals surface area contributed by atoms with E-state index in [4.69, 9.17) is 0 Å². The summed E-state index contributed by atoms with van der Waals surface area (Å²) >= 11 is 0.244. The van der Waals surface area contributed by atoms with Crippen LogP contribution in [0.2, 0.25) is 0 Å². The van der Waals surface area contributed by atoms with Crippen molar-refractivity contribution in [2.75, 3.05) is 0 Å². The zero-order valence-electron chi connectivity index (χ0n) is 29.6. The van der Waals surface area contributed by atoms with Gasteiger partial charge in [0.25, 0.3) is 0 Å². The van der Waals surface area contributed by atoms with Gasteiger partial charge < -0.3 is 0 Å². The van der Waals surface area contributed by atoms with Gasteiger partial charge in [0, 0.05) is 0 Å². The van der Waals surface area contributed by atoms with Crippen molar-refractivity contribution in [2.45, 2.75) is 38.0 Å². The molecule has 11 rings (SSSR count). The molecular formula is C52H38Se. The molecule has 0 radical (unpaired) electrons. The maximum absolute atomic E-state index is 2.53. The fourth-order valence-electron chi connectivity index (χ4n) is 9.75. The van der Waals surface area contributed by atoms with Crippen molar-refractivity contribution in [1.82, 2.24) is 0 Å². The molecule has 1 fully saturated rings. The van der Waals surface area contributed by atoms with E-state index in [1.165, 1.54) is 128 Å². The van der Waals surface area contributed by atoms with Crippen LogP contribution in [0.1, 0.15) is 43.6 Å². The van der Waals surface area contributed by atoms with Gasteiger partial charge in [-0.15, -0.1) is 0 Å². The Morgan fingerprint density at radius 1 is 0.321 bits per heavy atom. The second kappa shape index (κ2) is 12.6. The number of benzene rings is 9. The van der Waals surface area contributed by atoms with Crippen LogP contribution in [-0.4, -0.2) is 14.5 Å². The normalized spacial score (nSPS) is 14.0. The summed E-state index contributed by atoms with van der Waals surface area (Å²) in [5.74, 6) is 0.642. The van der Waals surface area contributed by atoms with Gasteiger partial charge in [0.15, 0.2) is 0 Å². The Kier molecular flexibility index (Phi) is 7.39. The van der Waals surface area contributed by atoms with E-state index in [2.05, 4.69) is 164 Å². The number of hydrogen-bond acceptors (Lipinski definition) is 0. The molecular weight excluding hydrogens is 704 g/mol. The minimum absolute atomic E-state index is 0.244. The zero-order chi connectivity index (χ0) is 34.9. The average molecular weight is 742 g/mol. The van der Waals surface area contributed by atoms with Crippen LogP contribution in [0.4, 0.5) is 0 Å². The molecule has 0 spiro atoms. The van der Waals surface area contributed by atoms with Crippen LogP contribution in [0.15, 0.2) is 164 Å². The quantitative estimate of drug-likeness (QED) is 0.124. The van der Waals surface area contributed by atoms with E-state index < -0.39 is 0 Å². The Labute approximate surface area is 316 Å². The molecule has 1 heteroatoms. The first kappa shape index (κ1) is 31.1. The third-order valence-electron chi connectivity index (χ3n) is 12.0. The van der Waals surface area contributed by atoms with Crippen LogP contribution < -0.4 is 0 Å². The molecule has 0 nitrogen and oxygen atoms in total. The fourth-order valence-corrected chi connectivity index (χ4v) is 12.1. The molecule has 0 N–H and O–H groups in total. The van der Waals surface area contributed by atoms with Gasteiger partial charge in [-0.25, -0.2) is 0 Å². The molecule has 1 saturated carbocycles. The first-order valence-electron chi connectivity index (χ1n) is 19.2. The minimum atomic E-state index is 0.244. The van der Waals surface area contributed by atoms with E-state index in [1.807, 2.05) is 0 Å². The van der Waals surface area contributed by atoms with Crippen molar-refractivity contribution < 1.29 is 0 Å². The molecule has 1 aliphatic rings. The standard InChI is InChI=1S/C52H38Se/c1-3-15-33(16-4-1)49-38-19-7-11-23-42(38)51(43-24-12-8-20-39(43)49)35-28-30-47-46(31-35)37-29-27-36(32-48(37)53-47)52-44-25-13-9-21-40(44)50(34-17-5-2-6-18-34)41-22-10-14-26-45(41)52/h1,3-4,7-16,19-32,34H,2,5-6,17-18H2. The fraction of sp³-hybridized carbons (Fsp3) is 0.115. The second-order valence-electron chi connectivity index (χ2n) is 14.9. The molecule has 9 aromatic carbocycles. The Hall–Kier alpha value is -5.46. The first-order chi connectivity index (χ1) is 26.3. The topological polar surface area (TPSA) is 0 Å². The van der Waals surface area contributed by atoms with E-state index in [1.54, 1.807) is 5.56 Å². The van der Waals surface area contributed by atoms with Crippen molar-refractivity contribution in [1.29, 1.82) is 0 Å². The average Bonchev–Trinajstić information content (AvgIpc) is 3.59. The molecule has 0 aliphatic heterocycles. The van der Waals surface area contributed by atoms with E-state index >= 15 is 0 Å². The third kappa shape index (κ3) is 4.95. The van der Waals surface area contributed by atoms with Crippen molar-refractivity contribution in [3.8, 4) is 33.4 Å². The van der Waals surface area contributed by atoms with Gasteiger partial charge in [-0.2, -0.15) is 0 Å². The summed E-state index contributed by atoms with van der Waals surface area (Å²) < 4.78 is 2.96. The third-order valence-corrected chi connectivity index (χ3v) is 14.4. The Morgan fingerprint density at radius 3 is 1.34 bits per heavy atom. The molecule has 1 aromatic heterocycles. The van der Waals surface area contributed by atoms with Crippen molar-refractivity contribution in [3.63, 3.8) is 0 Å². The van der Waals surface area contributed by atoms with Gasteiger partial charge in [-0.05, 0) is 0 Å². The van der Waals surface area contributed by atoms with Gasteiger partial charge in [-0.3, -0.25) is 0 Å². The summed E-state index contributed by atoms with van der Waals surface area (Å²) in [7, 11) is 0. The molecule has 0 unspecified atom stereocenters. The first-order valence-corrected chi connectivity index (χ1v) is 20.9. The molecule has 53 heavy (non-hydrogen) atoms. The van der Waals surface area contributed by atoms with Crippen LogP contribution in [0.25, 0.3) is 95.8 Å². The Bertz CT molecular complexity index is 2920. The molecule has 1 heterocycles. The van der Waals surface area contributed by atoms with Gasteiger partial charge >= 0.3 is 318 Å². The van der Waals surface area contributed by atoms with Gasteiger partial charge in [-0.1, -0.05) is 0 Å². The zero-order valence-corrected chi connectivity index (χ0v) is 31.3. The summed E-state index contributed by atoms with van der Waals surface area (Å²) in [6.07, 6.45) is 6.67. The summed E-state index contributed by atoms with van der Waals surface area (Å²) in [5.41, 5.74) is 9.51. The van der Waals surface area contributed by atoms with Crippen LogP contribution in [0, 0.1) is 0 Å². The van der Waals surface area contributed by atoms with Crippen LogP contribution in [0.3, 0.4) is 0 Å². The van der Waals surface area contributed by atoms with E-state index in [0.717, 1.165) is 0 Å². The molecule has 0 saturated heterocycles. The SMILES string of the molecule is c1ccc(-c2c3ccccc3c(-c3ccc4[se]c5cc(-c6c7ccccc7c(C7CCCCC7)c7ccccc67)ccc5c4c3)c3ccccc23)cc1. The molecule has 0 amide bonds. The summed E-state index contributed by atoms with van der Waals surface area (Å²) in [5, 5.41) is 13.7. The van der Waals surface area contributed by atoms with Crippen molar-refractivity contribution in [3.05, 3.63) is 169 Å². The monoisotopic (exact) mass is 742 g/mol. The molecule has 0 bridgehead atoms. The van der Waals surface area contributed by atoms with Crippen LogP contribution >= 0.6 is 0 Å². The molecule has 10 aromatic rings. The second-order valence-corrected chi connectivity index (χ2v) is 17.2. The Balaban J connectivity index is 1.11. The van der Waals surface area contributed by atoms with Gasteiger partial charge in [0.1, 0.15) is 0 Å². The van der Waals surface area contributed by atoms with Crippen LogP contribution in [-0.2, 0) is 0 Å². The van der Waals surface area contributed by atoms with Crippen molar-refractivity contribution >= 4 is 76.9 Å². The Morgan fingerprint density at radius 2 is 0.774 bits per heavy atom. The van der Waals surface area contributed by atoms with Gasteiger partial charge in [0.05, 0.1) is 0 Å². The molecule has 0 atom stereocenters. The van der Waals surface area contributed by atoms with Crippen molar-refractivity contribution in [2.24, 2.45) is 0 Å². The summed E-state index contributed by atoms with van der Waals surface area (Å²) in [4.78, 5) is 0. The molecule has 252 valence electrons.